The molecule has 1 heterocycles. The average molecular weight is 364 g/mol. The van der Waals surface area contributed by atoms with Gasteiger partial charge < -0.3 is 19.9 Å². The van der Waals surface area contributed by atoms with Crippen LogP contribution >= 0.6 is 0 Å². The van der Waals surface area contributed by atoms with E-state index in [1.165, 1.54) is 0 Å². The number of phenolic OH excluding ortho intramolecular Hbond substituents is 1. The van der Waals surface area contributed by atoms with E-state index >= 15 is 0 Å². The largest absolute Gasteiger partial charge is 0.507 e. The van der Waals surface area contributed by atoms with Crippen molar-refractivity contribution < 1.29 is 19.4 Å². The predicted octanol–water partition coefficient (Wildman–Crippen LogP) is 2.40. The number of rotatable bonds is 9. The highest BCUT2D eigenvalue weighted by Crippen LogP contribution is 2.31. The molecule has 0 aliphatic carbocycles. The highest BCUT2D eigenvalue weighted by Gasteiger charge is 2.29. The Bertz CT molecular complexity index is 579. The summed E-state index contributed by atoms with van der Waals surface area (Å²) in [7, 11) is 3.23. The molecule has 2 rings (SSSR count). The summed E-state index contributed by atoms with van der Waals surface area (Å²) < 4.78 is 10.1. The number of benzene rings is 1. The summed E-state index contributed by atoms with van der Waals surface area (Å²) in [5.41, 5.74) is 0.913. The molecule has 2 N–H and O–H groups in total. The summed E-state index contributed by atoms with van der Waals surface area (Å²) in [5, 5.41) is 13.1. The Balaban J connectivity index is 1.87. The lowest BCUT2D eigenvalue weighted by Gasteiger charge is -2.38. The van der Waals surface area contributed by atoms with Crippen LogP contribution in [0.25, 0.3) is 0 Å². The molecule has 2 unspecified atom stereocenters. The van der Waals surface area contributed by atoms with Gasteiger partial charge in [-0.3, -0.25) is 9.69 Å². The van der Waals surface area contributed by atoms with Crippen molar-refractivity contribution in [3.05, 3.63) is 23.8 Å². The summed E-state index contributed by atoms with van der Waals surface area (Å²) in [6.45, 7) is 5.93. The third-order valence-corrected chi connectivity index (χ3v) is 5.26. The van der Waals surface area contributed by atoms with Crippen molar-refractivity contribution in [2.45, 2.75) is 32.7 Å². The molecule has 0 spiro atoms. The number of hydrogen-bond donors (Lipinski definition) is 2. The third-order valence-electron chi connectivity index (χ3n) is 5.26. The zero-order valence-electron chi connectivity index (χ0n) is 16.2. The predicted molar refractivity (Wildman–Crippen MR) is 101 cm³/mol. The maximum absolute atomic E-state index is 12.1. The first-order valence-electron chi connectivity index (χ1n) is 9.41. The molecule has 6 nitrogen and oxygen atoms in total. The average Bonchev–Trinajstić information content (AvgIpc) is 2.64. The fraction of sp³-hybridized carbons (Fsp3) is 0.650. The quantitative estimate of drug-likeness (QED) is 0.659. The van der Waals surface area contributed by atoms with E-state index in [4.69, 9.17) is 9.47 Å². The highest BCUT2D eigenvalue weighted by atomic mass is 16.5. The van der Waals surface area contributed by atoms with Gasteiger partial charge in [-0.2, -0.15) is 0 Å². The van der Waals surface area contributed by atoms with Gasteiger partial charge in [0.15, 0.2) is 0 Å². The molecule has 0 saturated carbocycles. The number of phenols is 1. The standard InChI is InChI=1S/C20H32N2O4/c1-4-15-13-22(14-17-5-6-18(26-3)12-19(17)23)9-7-16(15)11-20(24)21-8-10-25-2/h5-6,12,15-16,23H,4,7-11,13-14H2,1-3H3,(H,21,24). The van der Waals surface area contributed by atoms with Crippen molar-refractivity contribution >= 4 is 5.91 Å². The van der Waals surface area contributed by atoms with Crippen molar-refractivity contribution in [3.63, 3.8) is 0 Å². The van der Waals surface area contributed by atoms with Gasteiger partial charge in [0.05, 0.1) is 13.7 Å². The molecule has 0 aromatic heterocycles. The molecule has 1 aliphatic rings. The van der Waals surface area contributed by atoms with E-state index in [1.54, 1.807) is 20.3 Å². The van der Waals surface area contributed by atoms with Crippen LogP contribution in [0.2, 0.25) is 0 Å². The number of carbonyl (C=O) groups is 1. The Kier molecular flexibility index (Phi) is 8.19. The molecule has 1 aromatic carbocycles. The summed E-state index contributed by atoms with van der Waals surface area (Å²) in [4.78, 5) is 14.5. The van der Waals surface area contributed by atoms with E-state index in [9.17, 15) is 9.90 Å². The van der Waals surface area contributed by atoms with Crippen LogP contribution in [0.3, 0.4) is 0 Å². The van der Waals surface area contributed by atoms with Crippen molar-refractivity contribution in [1.82, 2.24) is 10.2 Å². The number of aromatic hydroxyl groups is 1. The van der Waals surface area contributed by atoms with Gasteiger partial charge in [0.2, 0.25) is 5.91 Å². The molecule has 1 fully saturated rings. The van der Waals surface area contributed by atoms with Gasteiger partial charge in [-0.15, -0.1) is 0 Å². The molecule has 1 aliphatic heterocycles. The number of amides is 1. The number of ether oxygens (including phenoxy) is 2. The molecule has 2 atom stereocenters. The molecule has 26 heavy (non-hydrogen) atoms. The van der Waals surface area contributed by atoms with Crippen LogP contribution in [0.1, 0.15) is 31.7 Å². The molecule has 0 bridgehead atoms. The van der Waals surface area contributed by atoms with Gasteiger partial charge in [0, 0.05) is 44.8 Å². The summed E-state index contributed by atoms with van der Waals surface area (Å²) in [6.07, 6.45) is 2.65. The number of piperidine rings is 1. The number of hydrogen-bond acceptors (Lipinski definition) is 5. The smallest absolute Gasteiger partial charge is 0.220 e. The number of likely N-dealkylation sites (tertiary alicyclic amines) is 1. The number of methoxy groups -OCH3 is 2. The second-order valence-electron chi connectivity index (χ2n) is 6.99. The Hall–Kier alpha value is -1.79. The van der Waals surface area contributed by atoms with Crippen LogP contribution in [0.5, 0.6) is 11.5 Å². The lowest BCUT2D eigenvalue weighted by molar-refractivity contribution is -0.123. The Morgan fingerprint density at radius 3 is 2.81 bits per heavy atom. The normalized spacial score (nSPS) is 20.7. The van der Waals surface area contributed by atoms with E-state index in [0.717, 1.165) is 38.0 Å². The van der Waals surface area contributed by atoms with Crippen molar-refractivity contribution in [3.8, 4) is 11.5 Å². The van der Waals surface area contributed by atoms with Crippen LogP contribution < -0.4 is 10.1 Å². The Labute approximate surface area is 156 Å². The first-order chi connectivity index (χ1) is 12.6. The summed E-state index contributed by atoms with van der Waals surface area (Å²) in [5.74, 6) is 1.97. The summed E-state index contributed by atoms with van der Waals surface area (Å²) in [6, 6.07) is 5.46. The number of carbonyl (C=O) groups excluding carboxylic acids is 1. The van der Waals surface area contributed by atoms with Crippen LogP contribution in [-0.4, -0.2) is 56.4 Å². The van der Waals surface area contributed by atoms with Crippen LogP contribution in [0.4, 0.5) is 0 Å². The zero-order valence-corrected chi connectivity index (χ0v) is 16.2. The van der Waals surface area contributed by atoms with Crippen LogP contribution in [0.15, 0.2) is 18.2 Å². The molecular formula is C20H32N2O4. The summed E-state index contributed by atoms with van der Waals surface area (Å²) >= 11 is 0. The maximum Gasteiger partial charge on any atom is 0.220 e. The highest BCUT2D eigenvalue weighted by molar-refractivity contribution is 5.76. The van der Waals surface area contributed by atoms with E-state index < -0.39 is 0 Å². The van der Waals surface area contributed by atoms with Gasteiger partial charge in [0.1, 0.15) is 11.5 Å². The molecule has 1 saturated heterocycles. The minimum absolute atomic E-state index is 0.117. The molecular weight excluding hydrogens is 332 g/mol. The SMILES string of the molecule is CCC1CN(Cc2ccc(OC)cc2O)CCC1CC(=O)NCCOC. The van der Waals surface area contributed by atoms with E-state index in [1.807, 2.05) is 12.1 Å². The maximum atomic E-state index is 12.1. The molecule has 6 heteroatoms. The molecule has 1 amide bonds. The minimum atomic E-state index is 0.117. The fourth-order valence-electron chi connectivity index (χ4n) is 3.68. The van der Waals surface area contributed by atoms with Crippen molar-refractivity contribution in [1.29, 1.82) is 0 Å². The van der Waals surface area contributed by atoms with E-state index in [2.05, 4.69) is 17.1 Å². The monoisotopic (exact) mass is 364 g/mol. The van der Waals surface area contributed by atoms with Crippen LogP contribution in [-0.2, 0) is 16.1 Å². The lowest BCUT2D eigenvalue weighted by Crippen LogP contribution is -2.41. The van der Waals surface area contributed by atoms with E-state index in [0.29, 0.717) is 37.2 Å². The Morgan fingerprint density at radius 2 is 2.15 bits per heavy atom. The zero-order chi connectivity index (χ0) is 18.9. The van der Waals surface area contributed by atoms with E-state index in [-0.39, 0.29) is 11.7 Å². The second-order valence-corrected chi connectivity index (χ2v) is 6.99. The van der Waals surface area contributed by atoms with Gasteiger partial charge in [-0.1, -0.05) is 19.4 Å². The van der Waals surface area contributed by atoms with Crippen molar-refractivity contribution in [2.75, 3.05) is 40.5 Å². The lowest BCUT2D eigenvalue weighted by atomic mass is 9.81. The second kappa shape index (κ2) is 10.4. The molecule has 146 valence electrons. The molecule has 0 radical (unpaired) electrons. The van der Waals surface area contributed by atoms with Gasteiger partial charge in [-0.25, -0.2) is 0 Å². The van der Waals surface area contributed by atoms with Crippen molar-refractivity contribution in [2.24, 2.45) is 11.8 Å². The topological polar surface area (TPSA) is 71.0 Å². The van der Waals surface area contributed by atoms with Gasteiger partial charge in [0.25, 0.3) is 0 Å². The number of nitrogens with one attached hydrogen (secondary N) is 1. The van der Waals surface area contributed by atoms with Gasteiger partial charge >= 0.3 is 0 Å². The molecule has 1 aromatic rings. The third kappa shape index (κ3) is 5.88. The fourth-order valence-corrected chi connectivity index (χ4v) is 3.68. The van der Waals surface area contributed by atoms with Gasteiger partial charge in [-0.05, 0) is 30.9 Å². The first-order valence-corrected chi connectivity index (χ1v) is 9.41. The Morgan fingerprint density at radius 1 is 1.35 bits per heavy atom. The first kappa shape index (κ1) is 20.5. The minimum Gasteiger partial charge on any atom is -0.507 e. The van der Waals surface area contributed by atoms with Crippen LogP contribution in [0, 0.1) is 11.8 Å². The number of nitrogens with zero attached hydrogens (tertiary/aromatic N) is 1.